The molecule has 1 atom stereocenters. The zero-order valence-electron chi connectivity index (χ0n) is 11.1. The molecule has 0 spiro atoms. The first-order valence-electron chi connectivity index (χ1n) is 6.83. The van der Waals surface area contributed by atoms with Gasteiger partial charge in [-0.1, -0.05) is 30.3 Å². The molecule has 0 aliphatic carbocycles. The number of nitrogens with zero attached hydrogens (tertiary/aromatic N) is 1. The van der Waals surface area contributed by atoms with Crippen LogP contribution >= 0.6 is 0 Å². The second-order valence-electron chi connectivity index (χ2n) is 4.88. The third-order valence-corrected chi connectivity index (χ3v) is 3.41. The van der Waals surface area contributed by atoms with Crippen LogP contribution in [0.3, 0.4) is 0 Å². The highest BCUT2D eigenvalue weighted by molar-refractivity contribution is 5.93. The summed E-state index contributed by atoms with van der Waals surface area (Å²) in [7, 11) is 0. The number of H-pyrrole nitrogens is 1. The van der Waals surface area contributed by atoms with Crippen LogP contribution in [0.4, 0.5) is 0 Å². The highest BCUT2D eigenvalue weighted by atomic mass is 16.5. The molecule has 5 heteroatoms. The van der Waals surface area contributed by atoms with E-state index in [1.807, 2.05) is 30.3 Å². The lowest BCUT2D eigenvalue weighted by atomic mass is 10.1. The molecule has 1 fully saturated rings. The average Bonchev–Trinajstić information content (AvgIpc) is 3.17. The van der Waals surface area contributed by atoms with Gasteiger partial charge in [0.2, 0.25) is 0 Å². The number of benzene rings is 1. The number of nitrogens with one attached hydrogen (secondary N) is 2. The fraction of sp³-hybridized carbons (Fsp3) is 0.333. The third-order valence-electron chi connectivity index (χ3n) is 3.41. The van der Waals surface area contributed by atoms with E-state index in [0.29, 0.717) is 12.2 Å². The van der Waals surface area contributed by atoms with Crippen LogP contribution in [0.15, 0.2) is 36.4 Å². The van der Waals surface area contributed by atoms with Gasteiger partial charge in [-0.05, 0) is 18.9 Å². The van der Waals surface area contributed by atoms with Gasteiger partial charge in [-0.25, -0.2) is 0 Å². The topological polar surface area (TPSA) is 67.0 Å². The van der Waals surface area contributed by atoms with E-state index in [1.165, 1.54) is 0 Å². The second kappa shape index (κ2) is 5.88. The minimum absolute atomic E-state index is 0.143. The molecule has 20 heavy (non-hydrogen) atoms. The second-order valence-corrected chi connectivity index (χ2v) is 4.88. The lowest BCUT2D eigenvalue weighted by molar-refractivity contribution is 0.0853. The van der Waals surface area contributed by atoms with Gasteiger partial charge in [0.15, 0.2) is 0 Å². The molecule has 1 saturated heterocycles. The van der Waals surface area contributed by atoms with Crippen molar-refractivity contribution >= 4 is 5.91 Å². The number of aromatic nitrogens is 2. The molecule has 1 aliphatic heterocycles. The smallest absolute Gasteiger partial charge is 0.269 e. The van der Waals surface area contributed by atoms with E-state index in [9.17, 15) is 4.79 Å². The molecule has 2 aromatic rings. The van der Waals surface area contributed by atoms with Crippen molar-refractivity contribution in [2.24, 2.45) is 0 Å². The summed E-state index contributed by atoms with van der Waals surface area (Å²) >= 11 is 0. The van der Waals surface area contributed by atoms with Crippen molar-refractivity contribution < 1.29 is 9.53 Å². The van der Waals surface area contributed by atoms with Crippen LogP contribution in [0.1, 0.15) is 23.3 Å². The maximum absolute atomic E-state index is 12.0. The van der Waals surface area contributed by atoms with Crippen molar-refractivity contribution in [3.63, 3.8) is 0 Å². The standard InChI is InChI=1S/C15H17N3O2/c19-15(16-10-12-7-4-8-20-12)14-9-13(17-18-14)11-5-2-1-3-6-11/h1-3,5-6,9,12H,4,7-8,10H2,(H,16,19)(H,17,18)/t12-/m0/s1. The molecule has 3 rings (SSSR count). The summed E-state index contributed by atoms with van der Waals surface area (Å²) in [5.74, 6) is -0.143. The van der Waals surface area contributed by atoms with Crippen LogP contribution in [0, 0.1) is 0 Å². The summed E-state index contributed by atoms with van der Waals surface area (Å²) in [5, 5.41) is 9.82. The van der Waals surface area contributed by atoms with E-state index < -0.39 is 0 Å². The molecule has 1 aliphatic rings. The highest BCUT2D eigenvalue weighted by Gasteiger charge is 2.17. The Morgan fingerprint density at radius 1 is 1.40 bits per heavy atom. The summed E-state index contributed by atoms with van der Waals surface area (Å²) in [4.78, 5) is 12.0. The van der Waals surface area contributed by atoms with Gasteiger partial charge >= 0.3 is 0 Å². The summed E-state index contributed by atoms with van der Waals surface area (Å²) in [6.45, 7) is 1.35. The van der Waals surface area contributed by atoms with Crippen molar-refractivity contribution in [1.29, 1.82) is 0 Å². The number of carbonyl (C=O) groups excluding carboxylic acids is 1. The molecule has 5 nitrogen and oxygen atoms in total. The molecule has 0 saturated carbocycles. The first-order valence-corrected chi connectivity index (χ1v) is 6.83. The van der Waals surface area contributed by atoms with E-state index in [0.717, 1.165) is 30.7 Å². The Balaban J connectivity index is 1.62. The Morgan fingerprint density at radius 2 is 2.25 bits per heavy atom. The van der Waals surface area contributed by atoms with E-state index in [1.54, 1.807) is 6.07 Å². The molecule has 1 aromatic heterocycles. The minimum atomic E-state index is -0.143. The Bertz CT molecular complexity index is 574. The Kier molecular flexibility index (Phi) is 3.78. The lowest BCUT2D eigenvalue weighted by Crippen LogP contribution is -2.31. The number of amides is 1. The number of rotatable bonds is 4. The summed E-state index contributed by atoms with van der Waals surface area (Å²) in [5.41, 5.74) is 2.23. The number of aromatic amines is 1. The van der Waals surface area contributed by atoms with Gasteiger partial charge in [0.1, 0.15) is 5.69 Å². The normalized spacial score (nSPS) is 18.1. The molecule has 0 unspecified atom stereocenters. The maximum atomic E-state index is 12.0. The number of hydrogen-bond acceptors (Lipinski definition) is 3. The van der Waals surface area contributed by atoms with Gasteiger partial charge in [0.05, 0.1) is 11.8 Å². The Morgan fingerprint density at radius 3 is 3.00 bits per heavy atom. The number of carbonyl (C=O) groups is 1. The molecule has 1 aromatic carbocycles. The van der Waals surface area contributed by atoms with Crippen molar-refractivity contribution in [3.8, 4) is 11.3 Å². The minimum Gasteiger partial charge on any atom is -0.376 e. The van der Waals surface area contributed by atoms with Gasteiger partial charge in [-0.15, -0.1) is 0 Å². The zero-order chi connectivity index (χ0) is 13.8. The molecular formula is C15H17N3O2. The Hall–Kier alpha value is -2.14. The average molecular weight is 271 g/mol. The third kappa shape index (κ3) is 2.88. The van der Waals surface area contributed by atoms with E-state index in [-0.39, 0.29) is 12.0 Å². The number of hydrogen-bond donors (Lipinski definition) is 2. The van der Waals surface area contributed by atoms with Crippen molar-refractivity contribution in [3.05, 3.63) is 42.1 Å². The summed E-state index contributed by atoms with van der Waals surface area (Å²) in [6.07, 6.45) is 2.23. The molecular weight excluding hydrogens is 254 g/mol. The largest absolute Gasteiger partial charge is 0.376 e. The maximum Gasteiger partial charge on any atom is 0.269 e. The van der Waals surface area contributed by atoms with Crippen molar-refractivity contribution in [2.45, 2.75) is 18.9 Å². The SMILES string of the molecule is O=C(NC[C@@H]1CCCO1)c1cc(-c2ccccc2)n[nH]1. The molecule has 0 radical (unpaired) electrons. The van der Waals surface area contributed by atoms with E-state index in [4.69, 9.17) is 4.74 Å². The quantitative estimate of drug-likeness (QED) is 0.893. The first-order chi connectivity index (χ1) is 9.83. The predicted octanol–water partition coefficient (Wildman–Crippen LogP) is 1.99. The van der Waals surface area contributed by atoms with Crippen molar-refractivity contribution in [1.82, 2.24) is 15.5 Å². The molecule has 0 bridgehead atoms. The van der Waals surface area contributed by atoms with Gasteiger partial charge in [0.25, 0.3) is 5.91 Å². The van der Waals surface area contributed by atoms with Gasteiger partial charge in [-0.2, -0.15) is 5.10 Å². The van der Waals surface area contributed by atoms with Crippen LogP contribution in [-0.4, -0.2) is 35.4 Å². The van der Waals surface area contributed by atoms with Crippen LogP contribution < -0.4 is 5.32 Å². The van der Waals surface area contributed by atoms with Gasteiger partial charge in [-0.3, -0.25) is 9.89 Å². The van der Waals surface area contributed by atoms with E-state index >= 15 is 0 Å². The van der Waals surface area contributed by atoms with Crippen LogP contribution in [-0.2, 0) is 4.74 Å². The Labute approximate surface area is 117 Å². The van der Waals surface area contributed by atoms with Gasteiger partial charge < -0.3 is 10.1 Å². The highest BCUT2D eigenvalue weighted by Crippen LogP contribution is 2.17. The zero-order valence-corrected chi connectivity index (χ0v) is 11.1. The summed E-state index contributed by atoms with van der Waals surface area (Å²) in [6, 6.07) is 11.5. The molecule has 2 heterocycles. The fourth-order valence-corrected chi connectivity index (χ4v) is 2.30. The predicted molar refractivity (Wildman–Crippen MR) is 75.3 cm³/mol. The molecule has 2 N–H and O–H groups in total. The fourth-order valence-electron chi connectivity index (χ4n) is 2.30. The number of ether oxygens (including phenoxy) is 1. The first kappa shape index (κ1) is 12.9. The van der Waals surface area contributed by atoms with E-state index in [2.05, 4.69) is 15.5 Å². The van der Waals surface area contributed by atoms with Crippen LogP contribution in [0.25, 0.3) is 11.3 Å². The van der Waals surface area contributed by atoms with Crippen LogP contribution in [0.2, 0.25) is 0 Å². The summed E-state index contributed by atoms with van der Waals surface area (Å²) < 4.78 is 5.47. The molecule has 104 valence electrons. The van der Waals surface area contributed by atoms with Gasteiger partial charge in [0, 0.05) is 18.7 Å². The van der Waals surface area contributed by atoms with Crippen molar-refractivity contribution in [2.75, 3.05) is 13.2 Å². The molecule has 1 amide bonds. The monoisotopic (exact) mass is 271 g/mol. The van der Waals surface area contributed by atoms with Crippen LogP contribution in [0.5, 0.6) is 0 Å². The lowest BCUT2D eigenvalue weighted by Gasteiger charge is -2.09.